The van der Waals surface area contributed by atoms with Crippen molar-refractivity contribution in [3.05, 3.63) is 68.5 Å². The quantitative estimate of drug-likeness (QED) is 0.669. The summed E-state index contributed by atoms with van der Waals surface area (Å²) in [6.07, 6.45) is 1.98. The van der Waals surface area contributed by atoms with Crippen molar-refractivity contribution in [3.8, 4) is 0 Å². The molecule has 3 aromatic rings. The number of urea groups is 1. The smallest absolute Gasteiger partial charge is 0.319 e. The number of nitrogens with zero attached hydrogens (tertiary/aromatic N) is 1. The van der Waals surface area contributed by atoms with Crippen LogP contribution in [0.5, 0.6) is 0 Å². The lowest BCUT2D eigenvalue weighted by atomic mass is 10.1. The molecule has 1 aromatic carbocycles. The number of hydrogen-bond donors (Lipinski definition) is 2. The van der Waals surface area contributed by atoms with Crippen LogP contribution in [0.4, 0.5) is 16.2 Å². The predicted octanol–water partition coefficient (Wildman–Crippen LogP) is 4.74. The van der Waals surface area contributed by atoms with E-state index < -0.39 is 0 Å². The van der Waals surface area contributed by atoms with Crippen LogP contribution in [0.15, 0.2) is 53.2 Å². The van der Waals surface area contributed by atoms with Gasteiger partial charge in [0.25, 0.3) is 0 Å². The van der Waals surface area contributed by atoms with E-state index in [4.69, 9.17) is 0 Å². The number of anilines is 2. The monoisotopic (exact) mass is 383 g/mol. The molecule has 3 heterocycles. The van der Waals surface area contributed by atoms with E-state index >= 15 is 0 Å². The van der Waals surface area contributed by atoms with Crippen LogP contribution in [-0.2, 0) is 19.4 Å². The van der Waals surface area contributed by atoms with E-state index in [-0.39, 0.29) is 6.03 Å². The third kappa shape index (κ3) is 4.08. The topological polar surface area (TPSA) is 44.4 Å². The van der Waals surface area contributed by atoms with Gasteiger partial charge in [-0.1, -0.05) is 6.07 Å². The molecule has 1 aliphatic heterocycles. The van der Waals surface area contributed by atoms with Crippen molar-refractivity contribution in [1.82, 2.24) is 5.32 Å². The van der Waals surface area contributed by atoms with Crippen LogP contribution in [-0.4, -0.2) is 19.1 Å². The van der Waals surface area contributed by atoms with Gasteiger partial charge in [0.1, 0.15) is 0 Å². The van der Waals surface area contributed by atoms with E-state index in [2.05, 4.69) is 50.6 Å². The van der Waals surface area contributed by atoms with Crippen molar-refractivity contribution >= 4 is 40.1 Å². The van der Waals surface area contributed by atoms with Crippen LogP contribution in [0.25, 0.3) is 0 Å². The zero-order valence-corrected chi connectivity index (χ0v) is 16.0. The summed E-state index contributed by atoms with van der Waals surface area (Å²) in [5, 5.41) is 10.0. The zero-order chi connectivity index (χ0) is 17.8. The van der Waals surface area contributed by atoms with Gasteiger partial charge in [-0.2, -0.15) is 0 Å². The molecule has 0 unspecified atom stereocenters. The first-order valence-electron chi connectivity index (χ1n) is 8.75. The highest BCUT2D eigenvalue weighted by molar-refractivity contribution is 7.10. The second-order valence-electron chi connectivity index (χ2n) is 6.30. The molecule has 0 spiro atoms. The fourth-order valence-electron chi connectivity index (χ4n) is 3.15. The van der Waals surface area contributed by atoms with Crippen LogP contribution < -0.4 is 15.5 Å². The van der Waals surface area contributed by atoms with Crippen molar-refractivity contribution in [2.45, 2.75) is 19.4 Å². The summed E-state index contributed by atoms with van der Waals surface area (Å²) in [7, 11) is 0. The molecular formula is C20H21N3OS2. The second kappa shape index (κ2) is 7.93. The van der Waals surface area contributed by atoms with Crippen LogP contribution in [0.3, 0.4) is 0 Å². The Balaban J connectivity index is 1.28. The highest BCUT2D eigenvalue weighted by Crippen LogP contribution is 2.28. The number of amides is 2. The van der Waals surface area contributed by atoms with E-state index in [1.807, 2.05) is 29.5 Å². The molecule has 0 aliphatic carbocycles. The van der Waals surface area contributed by atoms with E-state index in [0.717, 1.165) is 31.6 Å². The molecular weight excluding hydrogens is 362 g/mol. The Morgan fingerprint density at radius 1 is 1.08 bits per heavy atom. The van der Waals surface area contributed by atoms with Gasteiger partial charge in [-0.3, -0.25) is 0 Å². The summed E-state index contributed by atoms with van der Waals surface area (Å²) in [6, 6.07) is 14.3. The van der Waals surface area contributed by atoms with Crippen LogP contribution in [0.1, 0.15) is 15.3 Å². The summed E-state index contributed by atoms with van der Waals surface area (Å²) >= 11 is 3.57. The molecule has 134 valence electrons. The lowest BCUT2D eigenvalue weighted by molar-refractivity contribution is 0.252. The van der Waals surface area contributed by atoms with Gasteiger partial charge in [-0.25, -0.2) is 4.79 Å². The largest absolute Gasteiger partial charge is 0.367 e. The minimum atomic E-state index is -0.157. The fraction of sp³-hybridized carbons (Fsp3) is 0.250. The summed E-state index contributed by atoms with van der Waals surface area (Å²) < 4.78 is 0. The van der Waals surface area contributed by atoms with Gasteiger partial charge in [0.15, 0.2) is 0 Å². The number of fused-ring (bicyclic) bond motifs is 1. The Kier molecular flexibility index (Phi) is 5.22. The van der Waals surface area contributed by atoms with Crippen molar-refractivity contribution in [2.75, 3.05) is 23.3 Å². The van der Waals surface area contributed by atoms with Gasteiger partial charge in [-0.05, 0) is 65.6 Å². The lowest BCUT2D eigenvalue weighted by Crippen LogP contribution is -2.30. The van der Waals surface area contributed by atoms with Gasteiger partial charge in [0.2, 0.25) is 0 Å². The molecule has 0 fully saturated rings. The lowest BCUT2D eigenvalue weighted by Gasteiger charge is -2.29. The van der Waals surface area contributed by atoms with Crippen molar-refractivity contribution in [1.29, 1.82) is 0 Å². The minimum absolute atomic E-state index is 0.157. The number of hydrogen-bond acceptors (Lipinski definition) is 4. The highest BCUT2D eigenvalue weighted by Gasteiger charge is 2.17. The van der Waals surface area contributed by atoms with E-state index in [1.54, 1.807) is 11.3 Å². The second-order valence-corrected chi connectivity index (χ2v) is 8.33. The number of rotatable bonds is 5. The van der Waals surface area contributed by atoms with Gasteiger partial charge in [0.05, 0.1) is 0 Å². The molecule has 4 nitrogen and oxygen atoms in total. The Bertz CT molecular complexity index is 856. The van der Waals surface area contributed by atoms with E-state index in [1.165, 1.54) is 21.0 Å². The molecule has 2 amide bonds. The molecule has 2 N–H and O–H groups in total. The first-order chi connectivity index (χ1) is 12.8. The predicted molar refractivity (Wildman–Crippen MR) is 111 cm³/mol. The Morgan fingerprint density at radius 2 is 1.96 bits per heavy atom. The number of thiophene rings is 2. The molecule has 0 saturated heterocycles. The normalized spacial score (nSPS) is 13.3. The molecule has 0 saturated carbocycles. The first-order valence-corrected chi connectivity index (χ1v) is 10.5. The Hall–Kier alpha value is -2.31. The number of carbonyl (C=O) groups is 1. The van der Waals surface area contributed by atoms with Crippen molar-refractivity contribution in [3.63, 3.8) is 0 Å². The molecule has 0 atom stereocenters. The maximum atomic E-state index is 12.0. The van der Waals surface area contributed by atoms with Gasteiger partial charge < -0.3 is 15.5 Å². The van der Waals surface area contributed by atoms with Crippen molar-refractivity contribution in [2.24, 2.45) is 0 Å². The van der Waals surface area contributed by atoms with E-state index in [0.29, 0.717) is 6.54 Å². The van der Waals surface area contributed by atoms with Gasteiger partial charge in [-0.15, -0.1) is 22.7 Å². The average Bonchev–Trinajstić information content (AvgIpc) is 3.33. The molecule has 1 aliphatic rings. The standard InChI is InChI=1S/C20H21N3OS2/c24-20(21-10-7-18-2-1-12-25-18)22-16-3-5-17(6-4-16)23-11-8-19-15(14-23)9-13-26-19/h1-6,9,12-13H,7-8,10-11,14H2,(H2,21,22,24). The average molecular weight is 384 g/mol. The Morgan fingerprint density at radius 3 is 2.77 bits per heavy atom. The van der Waals surface area contributed by atoms with E-state index in [9.17, 15) is 4.79 Å². The van der Waals surface area contributed by atoms with Gasteiger partial charge >= 0.3 is 6.03 Å². The van der Waals surface area contributed by atoms with Crippen molar-refractivity contribution < 1.29 is 4.79 Å². The maximum Gasteiger partial charge on any atom is 0.319 e. The molecule has 2 aromatic heterocycles. The number of carbonyl (C=O) groups excluding carboxylic acids is 1. The van der Waals surface area contributed by atoms with Crippen LogP contribution in [0, 0.1) is 0 Å². The first kappa shape index (κ1) is 17.1. The third-order valence-corrected chi connectivity index (χ3v) is 6.49. The maximum absolute atomic E-state index is 12.0. The molecule has 6 heteroatoms. The fourth-order valence-corrected chi connectivity index (χ4v) is 4.75. The zero-order valence-electron chi connectivity index (χ0n) is 14.4. The molecule has 26 heavy (non-hydrogen) atoms. The highest BCUT2D eigenvalue weighted by atomic mass is 32.1. The summed E-state index contributed by atoms with van der Waals surface area (Å²) in [4.78, 5) is 17.2. The summed E-state index contributed by atoms with van der Waals surface area (Å²) in [6.45, 7) is 2.65. The SMILES string of the molecule is O=C(NCCc1cccs1)Nc1ccc(N2CCc3sccc3C2)cc1. The number of benzene rings is 1. The third-order valence-electron chi connectivity index (χ3n) is 4.54. The van der Waals surface area contributed by atoms with Crippen LogP contribution in [0.2, 0.25) is 0 Å². The minimum Gasteiger partial charge on any atom is -0.367 e. The van der Waals surface area contributed by atoms with Gasteiger partial charge in [0, 0.05) is 40.8 Å². The summed E-state index contributed by atoms with van der Waals surface area (Å²) in [5.41, 5.74) is 3.45. The molecule has 4 rings (SSSR count). The summed E-state index contributed by atoms with van der Waals surface area (Å²) in [5.74, 6) is 0. The number of nitrogens with one attached hydrogen (secondary N) is 2. The molecule has 0 bridgehead atoms. The Labute approximate surface area is 161 Å². The molecule has 0 radical (unpaired) electrons. The van der Waals surface area contributed by atoms with Crippen LogP contribution >= 0.6 is 22.7 Å².